The minimum Gasteiger partial charge on any atom is -0.473 e. The van der Waals surface area contributed by atoms with E-state index in [-0.39, 0.29) is 5.69 Å². The molecule has 1 unspecified atom stereocenters. The van der Waals surface area contributed by atoms with E-state index in [0.29, 0.717) is 17.5 Å². The number of nitrogens with one attached hydrogen (secondary N) is 1. The van der Waals surface area contributed by atoms with Crippen molar-refractivity contribution in [2.45, 2.75) is 26.0 Å². The molecule has 11 nitrogen and oxygen atoms in total. The van der Waals surface area contributed by atoms with Crippen LogP contribution in [0.2, 0.25) is 0 Å². The van der Waals surface area contributed by atoms with E-state index in [1.54, 1.807) is 0 Å². The van der Waals surface area contributed by atoms with Gasteiger partial charge in [0, 0.05) is 25.0 Å². The number of aryl methyl sites for hydroxylation is 3. The van der Waals surface area contributed by atoms with Gasteiger partial charge in [0.2, 0.25) is 11.4 Å². The molecule has 0 fully saturated rings. The standard InChI is InChI=1S/C23H25N7O4S3/c1-15-2-6-17(7-3-15)33-14-25-23-29-27-20(37-23)11-13-35-12-10-19-26-28-22(36-19)21(24)34-18-8-4-16(5-9-18)30(31)32/h2-9,21H,10-14,24H2,1H3,(H,25,29). The summed E-state index contributed by atoms with van der Waals surface area (Å²) in [7, 11) is 0. The van der Waals surface area contributed by atoms with Crippen molar-refractivity contribution >= 4 is 45.3 Å². The van der Waals surface area contributed by atoms with Gasteiger partial charge in [-0.1, -0.05) is 40.4 Å². The molecule has 4 rings (SSSR count). The second-order valence-corrected chi connectivity index (χ2v) is 11.1. The van der Waals surface area contributed by atoms with Crippen molar-refractivity contribution < 1.29 is 14.4 Å². The summed E-state index contributed by atoms with van der Waals surface area (Å²) < 4.78 is 11.3. The Hall–Kier alpha value is -3.33. The Labute approximate surface area is 225 Å². The van der Waals surface area contributed by atoms with E-state index in [0.717, 1.165) is 45.2 Å². The number of hydrogen-bond acceptors (Lipinski definition) is 13. The molecule has 0 radical (unpaired) electrons. The quantitative estimate of drug-likeness (QED) is 0.0964. The molecule has 1 atom stereocenters. The molecule has 14 heteroatoms. The molecule has 2 heterocycles. The Morgan fingerprint density at radius 1 is 0.973 bits per heavy atom. The van der Waals surface area contributed by atoms with Crippen molar-refractivity contribution in [3.63, 3.8) is 0 Å². The fourth-order valence-electron chi connectivity index (χ4n) is 2.99. The molecular formula is C23H25N7O4S3. The molecular weight excluding hydrogens is 534 g/mol. The molecule has 2 aromatic carbocycles. The second-order valence-electron chi connectivity index (χ2n) is 7.72. The molecule has 0 aliphatic heterocycles. The summed E-state index contributed by atoms with van der Waals surface area (Å²) in [4.78, 5) is 10.3. The zero-order valence-corrected chi connectivity index (χ0v) is 22.4. The van der Waals surface area contributed by atoms with Gasteiger partial charge in [-0.25, -0.2) is 0 Å². The summed E-state index contributed by atoms with van der Waals surface area (Å²) in [6.07, 6.45) is 0.812. The topological polar surface area (TPSA) is 151 Å². The van der Waals surface area contributed by atoms with E-state index in [4.69, 9.17) is 15.2 Å². The molecule has 3 N–H and O–H groups in total. The fraction of sp³-hybridized carbons (Fsp3) is 0.304. The van der Waals surface area contributed by atoms with Crippen LogP contribution in [0.15, 0.2) is 48.5 Å². The maximum Gasteiger partial charge on any atom is 0.269 e. The molecule has 4 aromatic rings. The minimum atomic E-state index is -0.789. The van der Waals surface area contributed by atoms with Crippen LogP contribution in [0.25, 0.3) is 0 Å². The Morgan fingerprint density at radius 2 is 1.62 bits per heavy atom. The summed E-state index contributed by atoms with van der Waals surface area (Å²) in [6.45, 7) is 2.37. The predicted molar refractivity (Wildman–Crippen MR) is 146 cm³/mol. The summed E-state index contributed by atoms with van der Waals surface area (Å²) in [6, 6.07) is 13.6. The van der Waals surface area contributed by atoms with Gasteiger partial charge in [0.1, 0.15) is 21.5 Å². The average Bonchev–Trinajstić information content (AvgIpc) is 3.55. The predicted octanol–water partition coefficient (Wildman–Crippen LogP) is 4.61. The lowest BCUT2D eigenvalue weighted by atomic mass is 10.2. The summed E-state index contributed by atoms with van der Waals surface area (Å²) in [5.74, 6) is 3.05. The number of ether oxygens (including phenoxy) is 2. The first-order valence-electron chi connectivity index (χ1n) is 11.3. The lowest BCUT2D eigenvalue weighted by molar-refractivity contribution is -0.384. The zero-order chi connectivity index (χ0) is 26.0. The van der Waals surface area contributed by atoms with Crippen molar-refractivity contribution in [2.75, 3.05) is 23.6 Å². The van der Waals surface area contributed by atoms with Gasteiger partial charge in [-0.05, 0) is 42.7 Å². The number of thioether (sulfide) groups is 1. The minimum absolute atomic E-state index is 0.0108. The van der Waals surface area contributed by atoms with Gasteiger partial charge in [-0.15, -0.1) is 20.4 Å². The van der Waals surface area contributed by atoms with E-state index < -0.39 is 11.2 Å². The monoisotopic (exact) mass is 559 g/mol. The first kappa shape index (κ1) is 26.7. The lowest BCUT2D eigenvalue weighted by Gasteiger charge is -2.10. The van der Waals surface area contributed by atoms with Crippen molar-refractivity contribution in [1.82, 2.24) is 20.4 Å². The van der Waals surface area contributed by atoms with Crippen LogP contribution in [-0.2, 0) is 12.8 Å². The van der Waals surface area contributed by atoms with E-state index in [1.807, 2.05) is 43.0 Å². The first-order valence-corrected chi connectivity index (χ1v) is 14.1. The first-order chi connectivity index (χ1) is 18.0. The number of nitro benzene ring substituents is 1. The third kappa shape index (κ3) is 8.35. The molecule has 0 saturated carbocycles. The van der Waals surface area contributed by atoms with Crippen molar-refractivity contribution in [3.8, 4) is 11.5 Å². The van der Waals surface area contributed by atoms with Crippen LogP contribution in [0.5, 0.6) is 11.5 Å². The van der Waals surface area contributed by atoms with Gasteiger partial charge in [0.15, 0.2) is 11.7 Å². The number of nitrogens with two attached hydrogens (primary N) is 1. The second kappa shape index (κ2) is 13.3. The molecule has 194 valence electrons. The highest BCUT2D eigenvalue weighted by Gasteiger charge is 2.15. The molecule has 2 aromatic heterocycles. The van der Waals surface area contributed by atoms with E-state index in [9.17, 15) is 10.1 Å². The van der Waals surface area contributed by atoms with Crippen molar-refractivity contribution in [3.05, 3.63) is 79.2 Å². The molecule has 0 bridgehead atoms. The molecule has 0 aliphatic rings. The summed E-state index contributed by atoms with van der Waals surface area (Å²) >= 11 is 4.73. The number of hydrogen-bond donors (Lipinski definition) is 2. The number of aromatic nitrogens is 4. The molecule has 0 aliphatic carbocycles. The van der Waals surface area contributed by atoms with Crippen LogP contribution >= 0.6 is 34.4 Å². The number of non-ortho nitro benzene ring substituents is 1. The number of benzene rings is 2. The van der Waals surface area contributed by atoms with E-state index in [2.05, 4.69) is 25.7 Å². The molecule has 37 heavy (non-hydrogen) atoms. The number of nitrogens with zero attached hydrogens (tertiary/aromatic N) is 5. The highest BCUT2D eigenvalue weighted by atomic mass is 32.2. The summed E-state index contributed by atoms with van der Waals surface area (Å²) in [5.41, 5.74) is 7.25. The maximum atomic E-state index is 10.8. The van der Waals surface area contributed by atoms with Gasteiger partial charge >= 0.3 is 0 Å². The SMILES string of the molecule is Cc1ccc(OCNc2nnc(CCSCCc3nnc(C(N)Oc4ccc([N+](=O)[O-])cc4)s3)s2)cc1. The van der Waals surface area contributed by atoms with Gasteiger partial charge in [0.05, 0.1) is 4.92 Å². The van der Waals surface area contributed by atoms with E-state index >= 15 is 0 Å². The highest BCUT2D eigenvalue weighted by molar-refractivity contribution is 7.99. The van der Waals surface area contributed by atoms with Crippen LogP contribution in [0, 0.1) is 17.0 Å². The van der Waals surface area contributed by atoms with E-state index in [1.165, 1.54) is 52.5 Å². The fourth-order valence-corrected chi connectivity index (χ4v) is 5.62. The highest BCUT2D eigenvalue weighted by Crippen LogP contribution is 2.24. The zero-order valence-electron chi connectivity index (χ0n) is 19.9. The molecule has 0 saturated heterocycles. The normalized spacial score (nSPS) is 11.7. The van der Waals surface area contributed by atoms with Gasteiger partial charge < -0.3 is 14.8 Å². The van der Waals surface area contributed by atoms with Crippen molar-refractivity contribution in [2.24, 2.45) is 5.73 Å². The third-order valence-electron chi connectivity index (χ3n) is 4.91. The molecule has 0 amide bonds. The smallest absolute Gasteiger partial charge is 0.269 e. The summed E-state index contributed by atoms with van der Waals surface area (Å²) in [5, 5.41) is 33.7. The van der Waals surface area contributed by atoms with Crippen LogP contribution < -0.4 is 20.5 Å². The number of rotatable bonds is 14. The average molecular weight is 560 g/mol. The number of nitro groups is 1. The Bertz CT molecular complexity index is 1280. The Kier molecular flexibility index (Phi) is 9.59. The number of anilines is 1. The van der Waals surface area contributed by atoms with Crippen LogP contribution in [0.1, 0.15) is 26.8 Å². The van der Waals surface area contributed by atoms with Gasteiger partial charge in [-0.3, -0.25) is 15.8 Å². The lowest BCUT2D eigenvalue weighted by Crippen LogP contribution is -2.17. The van der Waals surface area contributed by atoms with Crippen molar-refractivity contribution in [1.29, 1.82) is 0 Å². The van der Waals surface area contributed by atoms with Crippen LogP contribution in [-0.4, -0.2) is 43.6 Å². The Balaban J connectivity index is 1.12. The maximum absolute atomic E-state index is 10.8. The van der Waals surface area contributed by atoms with Crippen LogP contribution in [0.4, 0.5) is 10.8 Å². The van der Waals surface area contributed by atoms with Gasteiger partial charge in [-0.2, -0.15) is 11.8 Å². The van der Waals surface area contributed by atoms with Crippen LogP contribution in [0.3, 0.4) is 0 Å². The largest absolute Gasteiger partial charge is 0.473 e. The third-order valence-corrected chi connectivity index (χ3v) is 7.88. The Morgan fingerprint density at radius 3 is 2.32 bits per heavy atom. The molecule has 0 spiro atoms. The van der Waals surface area contributed by atoms with Gasteiger partial charge in [0.25, 0.3) is 5.69 Å².